The van der Waals surface area contributed by atoms with Crippen molar-refractivity contribution in [3.63, 3.8) is 0 Å². The summed E-state index contributed by atoms with van der Waals surface area (Å²) in [4.78, 5) is 8.53. The van der Waals surface area contributed by atoms with Gasteiger partial charge in [0, 0.05) is 6.54 Å². The van der Waals surface area contributed by atoms with Gasteiger partial charge in [0.25, 0.3) is 0 Å². The minimum absolute atomic E-state index is 0.365. The SMILES string of the molecule is CCNc1cnc(COc2ccc(OC)cc2Br)cn1. The van der Waals surface area contributed by atoms with Crippen molar-refractivity contribution in [2.75, 3.05) is 19.0 Å². The second-order valence-electron chi connectivity index (χ2n) is 4.01. The zero-order chi connectivity index (χ0) is 14.4. The molecule has 106 valence electrons. The number of aromatic nitrogens is 2. The molecule has 0 saturated heterocycles. The third-order valence-electron chi connectivity index (χ3n) is 2.58. The van der Waals surface area contributed by atoms with Gasteiger partial charge in [-0.2, -0.15) is 0 Å². The predicted octanol–water partition coefficient (Wildman–Crippen LogP) is 3.26. The number of halogens is 1. The molecule has 0 saturated carbocycles. The van der Waals surface area contributed by atoms with Crippen LogP contribution >= 0.6 is 15.9 Å². The summed E-state index contributed by atoms with van der Waals surface area (Å²) in [5.74, 6) is 2.28. The van der Waals surface area contributed by atoms with E-state index >= 15 is 0 Å². The van der Waals surface area contributed by atoms with Crippen LogP contribution in [0.5, 0.6) is 11.5 Å². The molecule has 0 radical (unpaired) electrons. The summed E-state index contributed by atoms with van der Waals surface area (Å²) in [7, 11) is 1.63. The van der Waals surface area contributed by atoms with Crippen molar-refractivity contribution in [2.24, 2.45) is 0 Å². The number of nitrogens with zero attached hydrogens (tertiary/aromatic N) is 2. The Morgan fingerprint density at radius 2 is 2.10 bits per heavy atom. The molecule has 0 bridgehead atoms. The smallest absolute Gasteiger partial charge is 0.144 e. The van der Waals surface area contributed by atoms with Crippen LogP contribution in [-0.2, 0) is 6.61 Å². The first-order valence-electron chi connectivity index (χ1n) is 6.24. The molecule has 1 N–H and O–H groups in total. The molecule has 2 aromatic rings. The minimum atomic E-state index is 0.365. The van der Waals surface area contributed by atoms with Gasteiger partial charge in [-0.25, -0.2) is 4.98 Å². The average Bonchev–Trinajstić information content (AvgIpc) is 2.48. The standard InChI is InChI=1S/C14H16BrN3O2/c1-3-16-14-8-17-10(7-18-14)9-20-13-5-4-11(19-2)6-12(13)15/h4-8H,3,9H2,1-2H3,(H,16,18). The molecule has 0 aliphatic rings. The summed E-state index contributed by atoms with van der Waals surface area (Å²) in [6.45, 7) is 3.20. The Balaban J connectivity index is 1.97. The van der Waals surface area contributed by atoms with Gasteiger partial charge in [-0.05, 0) is 41.1 Å². The number of hydrogen-bond acceptors (Lipinski definition) is 5. The van der Waals surface area contributed by atoms with Crippen molar-refractivity contribution in [2.45, 2.75) is 13.5 Å². The number of nitrogens with one attached hydrogen (secondary N) is 1. The lowest BCUT2D eigenvalue weighted by Gasteiger charge is -2.09. The highest BCUT2D eigenvalue weighted by Gasteiger charge is 2.04. The number of anilines is 1. The fourth-order valence-corrected chi connectivity index (χ4v) is 2.05. The average molecular weight is 338 g/mol. The van der Waals surface area contributed by atoms with Crippen molar-refractivity contribution >= 4 is 21.7 Å². The van der Waals surface area contributed by atoms with Crippen LogP contribution in [0.25, 0.3) is 0 Å². The molecule has 1 heterocycles. The first kappa shape index (κ1) is 14.6. The lowest BCUT2D eigenvalue weighted by atomic mass is 10.3. The second-order valence-corrected chi connectivity index (χ2v) is 4.86. The maximum Gasteiger partial charge on any atom is 0.144 e. The molecule has 0 aliphatic carbocycles. The van der Waals surface area contributed by atoms with E-state index in [1.165, 1.54) is 0 Å². The van der Waals surface area contributed by atoms with E-state index in [1.54, 1.807) is 19.5 Å². The summed E-state index contributed by atoms with van der Waals surface area (Å²) in [6.07, 6.45) is 3.40. The van der Waals surface area contributed by atoms with E-state index in [4.69, 9.17) is 9.47 Å². The van der Waals surface area contributed by atoms with Crippen molar-refractivity contribution < 1.29 is 9.47 Å². The number of rotatable bonds is 6. The van der Waals surface area contributed by atoms with Crippen molar-refractivity contribution in [1.29, 1.82) is 0 Å². The molecule has 6 heteroatoms. The number of ether oxygens (including phenoxy) is 2. The van der Waals surface area contributed by atoms with E-state index in [0.29, 0.717) is 6.61 Å². The maximum atomic E-state index is 5.70. The summed E-state index contributed by atoms with van der Waals surface area (Å²) in [6, 6.07) is 5.55. The summed E-state index contributed by atoms with van der Waals surface area (Å²) in [5, 5.41) is 3.09. The second kappa shape index (κ2) is 7.09. The van der Waals surface area contributed by atoms with Gasteiger partial charge in [-0.3, -0.25) is 4.98 Å². The summed E-state index contributed by atoms with van der Waals surface area (Å²) in [5.41, 5.74) is 0.773. The zero-order valence-electron chi connectivity index (χ0n) is 11.4. The fourth-order valence-electron chi connectivity index (χ4n) is 1.58. The minimum Gasteiger partial charge on any atom is -0.497 e. The van der Waals surface area contributed by atoms with Gasteiger partial charge >= 0.3 is 0 Å². The van der Waals surface area contributed by atoms with Crippen LogP contribution < -0.4 is 14.8 Å². The Labute approximate surface area is 126 Å². The molecule has 0 aliphatic heterocycles. The molecule has 20 heavy (non-hydrogen) atoms. The monoisotopic (exact) mass is 337 g/mol. The van der Waals surface area contributed by atoms with E-state index in [9.17, 15) is 0 Å². The van der Waals surface area contributed by atoms with Gasteiger partial charge in [0.2, 0.25) is 0 Å². The Hall–Kier alpha value is -1.82. The molecular weight excluding hydrogens is 322 g/mol. The normalized spacial score (nSPS) is 10.2. The van der Waals surface area contributed by atoms with Gasteiger partial charge in [0.05, 0.1) is 29.7 Å². The Bertz CT molecular complexity index is 561. The number of methoxy groups -OCH3 is 1. The quantitative estimate of drug-likeness (QED) is 0.876. The first-order chi connectivity index (χ1) is 9.72. The highest BCUT2D eigenvalue weighted by molar-refractivity contribution is 9.10. The van der Waals surface area contributed by atoms with Gasteiger partial charge in [0.1, 0.15) is 23.9 Å². The molecule has 5 nitrogen and oxygen atoms in total. The maximum absolute atomic E-state index is 5.70. The van der Waals surface area contributed by atoms with Gasteiger partial charge in [-0.1, -0.05) is 0 Å². The lowest BCUT2D eigenvalue weighted by molar-refractivity contribution is 0.298. The number of hydrogen-bond donors (Lipinski definition) is 1. The molecule has 1 aromatic heterocycles. The van der Waals surface area contributed by atoms with Crippen LogP contribution in [0.3, 0.4) is 0 Å². The Morgan fingerprint density at radius 3 is 2.70 bits per heavy atom. The fraction of sp³-hybridized carbons (Fsp3) is 0.286. The predicted molar refractivity (Wildman–Crippen MR) is 81.2 cm³/mol. The highest BCUT2D eigenvalue weighted by Crippen LogP contribution is 2.29. The Morgan fingerprint density at radius 1 is 1.25 bits per heavy atom. The third-order valence-corrected chi connectivity index (χ3v) is 3.20. The molecule has 0 spiro atoms. The van der Waals surface area contributed by atoms with Crippen LogP contribution in [0.15, 0.2) is 35.1 Å². The summed E-state index contributed by atoms with van der Waals surface area (Å²) < 4.78 is 11.7. The number of benzene rings is 1. The molecule has 0 fully saturated rings. The van der Waals surface area contributed by atoms with Crippen molar-refractivity contribution in [1.82, 2.24) is 9.97 Å². The van der Waals surface area contributed by atoms with Crippen LogP contribution in [0, 0.1) is 0 Å². The molecule has 0 amide bonds. The van der Waals surface area contributed by atoms with Gasteiger partial charge in [0.15, 0.2) is 0 Å². The zero-order valence-corrected chi connectivity index (χ0v) is 13.0. The lowest BCUT2D eigenvalue weighted by Crippen LogP contribution is -2.03. The Kier molecular flexibility index (Phi) is 5.17. The van der Waals surface area contributed by atoms with Crippen LogP contribution in [0.2, 0.25) is 0 Å². The third kappa shape index (κ3) is 3.84. The molecular formula is C14H16BrN3O2. The van der Waals surface area contributed by atoms with Crippen LogP contribution in [0.4, 0.5) is 5.82 Å². The first-order valence-corrected chi connectivity index (χ1v) is 7.03. The molecule has 1 aromatic carbocycles. The van der Waals surface area contributed by atoms with E-state index in [-0.39, 0.29) is 0 Å². The van der Waals surface area contributed by atoms with E-state index in [2.05, 4.69) is 31.2 Å². The molecule has 0 unspecified atom stereocenters. The molecule has 0 atom stereocenters. The van der Waals surface area contributed by atoms with E-state index in [1.807, 2.05) is 25.1 Å². The van der Waals surface area contributed by atoms with E-state index < -0.39 is 0 Å². The van der Waals surface area contributed by atoms with E-state index in [0.717, 1.165) is 34.0 Å². The largest absolute Gasteiger partial charge is 0.497 e. The topological polar surface area (TPSA) is 56.3 Å². The van der Waals surface area contributed by atoms with Crippen molar-refractivity contribution in [3.8, 4) is 11.5 Å². The molecule has 2 rings (SSSR count). The van der Waals surface area contributed by atoms with Gasteiger partial charge < -0.3 is 14.8 Å². The van der Waals surface area contributed by atoms with Crippen molar-refractivity contribution in [3.05, 3.63) is 40.8 Å². The summed E-state index contributed by atoms with van der Waals surface area (Å²) >= 11 is 3.44. The van der Waals surface area contributed by atoms with Crippen LogP contribution in [-0.4, -0.2) is 23.6 Å². The van der Waals surface area contributed by atoms with Crippen LogP contribution in [0.1, 0.15) is 12.6 Å². The highest BCUT2D eigenvalue weighted by atomic mass is 79.9. The van der Waals surface area contributed by atoms with Gasteiger partial charge in [-0.15, -0.1) is 0 Å².